The SMILES string of the molecule is Cc1cccc(C)c1-n1cccc1/C=C1\C(=N)N2N=C(c3ccc(F)cc3)SC2=NC1=O. The number of nitrogens with zero attached hydrogens (tertiary/aromatic N) is 4. The minimum absolute atomic E-state index is 0.0427. The van der Waals surface area contributed by atoms with E-state index in [0.29, 0.717) is 15.8 Å². The molecule has 2 aromatic carbocycles. The van der Waals surface area contributed by atoms with Gasteiger partial charge in [-0.1, -0.05) is 18.2 Å². The smallest absolute Gasteiger partial charge is 0.283 e. The second-order valence-electron chi connectivity index (χ2n) is 7.48. The molecule has 1 N–H and O–H groups in total. The van der Waals surface area contributed by atoms with Gasteiger partial charge in [0.2, 0.25) is 5.17 Å². The van der Waals surface area contributed by atoms with Gasteiger partial charge in [0, 0.05) is 17.5 Å². The van der Waals surface area contributed by atoms with Gasteiger partial charge in [-0.05, 0) is 79.2 Å². The van der Waals surface area contributed by atoms with E-state index in [2.05, 4.69) is 10.1 Å². The van der Waals surface area contributed by atoms with E-state index >= 15 is 0 Å². The molecule has 0 atom stereocenters. The second-order valence-corrected chi connectivity index (χ2v) is 8.43. The molecule has 32 heavy (non-hydrogen) atoms. The highest BCUT2D eigenvalue weighted by Crippen LogP contribution is 2.31. The Morgan fingerprint density at radius 2 is 1.75 bits per heavy atom. The van der Waals surface area contributed by atoms with Crippen LogP contribution in [0.5, 0.6) is 0 Å². The van der Waals surface area contributed by atoms with E-state index in [9.17, 15) is 9.18 Å². The largest absolute Gasteiger partial charge is 0.317 e. The van der Waals surface area contributed by atoms with Crippen molar-refractivity contribution < 1.29 is 9.18 Å². The predicted molar refractivity (Wildman–Crippen MR) is 126 cm³/mol. The molecule has 1 aromatic heterocycles. The molecule has 1 amide bonds. The van der Waals surface area contributed by atoms with Crippen molar-refractivity contribution in [3.05, 3.63) is 94.6 Å². The van der Waals surface area contributed by atoms with Gasteiger partial charge in [-0.15, -0.1) is 0 Å². The molecule has 0 saturated heterocycles. The van der Waals surface area contributed by atoms with Crippen molar-refractivity contribution in [1.82, 2.24) is 9.58 Å². The number of aliphatic imine (C=N–C) groups is 1. The van der Waals surface area contributed by atoms with Crippen molar-refractivity contribution in [2.24, 2.45) is 10.1 Å². The predicted octanol–water partition coefficient (Wildman–Crippen LogP) is 4.90. The summed E-state index contributed by atoms with van der Waals surface area (Å²) >= 11 is 1.18. The Labute approximate surface area is 188 Å². The first-order valence-electron chi connectivity index (χ1n) is 9.92. The van der Waals surface area contributed by atoms with E-state index in [4.69, 9.17) is 5.41 Å². The fourth-order valence-electron chi connectivity index (χ4n) is 3.75. The zero-order valence-electron chi connectivity index (χ0n) is 17.3. The maximum absolute atomic E-state index is 13.3. The highest BCUT2D eigenvalue weighted by Gasteiger charge is 2.36. The molecule has 3 heterocycles. The van der Waals surface area contributed by atoms with E-state index in [1.54, 1.807) is 18.2 Å². The second kappa shape index (κ2) is 7.72. The number of amidine groups is 2. The van der Waals surface area contributed by atoms with E-state index in [1.165, 1.54) is 28.9 Å². The number of rotatable bonds is 3. The number of carbonyl (C=O) groups is 1. The summed E-state index contributed by atoms with van der Waals surface area (Å²) in [5.74, 6) is -0.870. The Morgan fingerprint density at radius 3 is 2.47 bits per heavy atom. The molecule has 0 spiro atoms. The zero-order valence-corrected chi connectivity index (χ0v) is 18.2. The maximum Gasteiger partial charge on any atom is 0.283 e. The molecule has 0 radical (unpaired) electrons. The van der Waals surface area contributed by atoms with Gasteiger partial charge in [-0.3, -0.25) is 10.2 Å². The number of aromatic nitrogens is 1. The molecule has 158 valence electrons. The van der Waals surface area contributed by atoms with E-state index in [-0.39, 0.29) is 17.2 Å². The summed E-state index contributed by atoms with van der Waals surface area (Å²) in [5, 5.41) is 15.3. The molecule has 8 heteroatoms. The molecule has 0 saturated carbocycles. The standard InChI is InChI=1S/C24H18FN5OS/c1-14-5-3-6-15(2)20(14)29-12-4-7-18(29)13-19-21(26)30-24(27-22(19)31)32-23(28-30)16-8-10-17(25)11-9-16/h3-13,26H,1-2H3/b19-13+,26-21?. The van der Waals surface area contributed by atoms with Crippen molar-refractivity contribution >= 4 is 39.8 Å². The number of fused-ring (bicyclic) bond motifs is 1. The number of aryl methyl sites for hydroxylation is 2. The first kappa shape index (κ1) is 20.1. The van der Waals surface area contributed by atoms with E-state index in [1.807, 2.05) is 54.9 Å². The van der Waals surface area contributed by atoms with Crippen LogP contribution in [0.4, 0.5) is 4.39 Å². The Balaban J connectivity index is 1.52. The number of hydrogen-bond acceptors (Lipinski definition) is 4. The molecule has 0 unspecified atom stereocenters. The number of thioether (sulfide) groups is 1. The first-order valence-corrected chi connectivity index (χ1v) is 10.7. The quantitative estimate of drug-likeness (QED) is 0.585. The lowest BCUT2D eigenvalue weighted by atomic mass is 10.1. The molecule has 0 fully saturated rings. The lowest BCUT2D eigenvalue weighted by Crippen LogP contribution is -2.35. The molecule has 0 bridgehead atoms. The molecule has 2 aliphatic heterocycles. The summed E-state index contributed by atoms with van der Waals surface area (Å²) in [4.78, 5) is 16.9. The number of hydrogen-bond donors (Lipinski definition) is 1. The zero-order chi connectivity index (χ0) is 22.4. The van der Waals surface area contributed by atoms with Crippen LogP contribution in [0.1, 0.15) is 22.4 Å². The molecule has 0 aliphatic carbocycles. The third-order valence-corrected chi connectivity index (χ3v) is 6.26. The minimum Gasteiger partial charge on any atom is -0.317 e. The van der Waals surface area contributed by atoms with Crippen molar-refractivity contribution in [3.63, 3.8) is 0 Å². The number of halogens is 1. The van der Waals surface area contributed by atoms with Crippen LogP contribution in [0.25, 0.3) is 11.8 Å². The summed E-state index contributed by atoms with van der Waals surface area (Å²) in [5.41, 5.74) is 4.87. The molecular formula is C24H18FN5OS. The highest BCUT2D eigenvalue weighted by molar-refractivity contribution is 8.27. The van der Waals surface area contributed by atoms with Crippen molar-refractivity contribution in [3.8, 4) is 5.69 Å². The third-order valence-electron chi connectivity index (χ3n) is 5.30. The molecule has 3 aromatic rings. The summed E-state index contributed by atoms with van der Waals surface area (Å²) in [6.07, 6.45) is 3.61. The van der Waals surface area contributed by atoms with Crippen LogP contribution in [-0.4, -0.2) is 31.5 Å². The fourth-order valence-corrected chi connectivity index (χ4v) is 4.65. The van der Waals surface area contributed by atoms with Crippen LogP contribution >= 0.6 is 11.8 Å². The van der Waals surface area contributed by atoms with Crippen LogP contribution in [0.2, 0.25) is 0 Å². The van der Waals surface area contributed by atoms with Gasteiger partial charge in [0.05, 0.1) is 11.3 Å². The maximum atomic E-state index is 13.3. The van der Waals surface area contributed by atoms with Gasteiger partial charge >= 0.3 is 0 Å². The average molecular weight is 444 g/mol. The summed E-state index contributed by atoms with van der Waals surface area (Å²) < 4.78 is 15.3. The lowest BCUT2D eigenvalue weighted by molar-refractivity contribution is -0.114. The Hall–Kier alpha value is -3.78. The summed E-state index contributed by atoms with van der Waals surface area (Å²) in [6, 6.07) is 15.8. The van der Waals surface area contributed by atoms with Crippen molar-refractivity contribution in [2.75, 3.05) is 0 Å². The van der Waals surface area contributed by atoms with Gasteiger partial charge < -0.3 is 4.57 Å². The normalized spacial score (nSPS) is 17.0. The monoisotopic (exact) mass is 443 g/mol. The Morgan fingerprint density at radius 1 is 1.03 bits per heavy atom. The van der Waals surface area contributed by atoms with Gasteiger partial charge in [-0.2, -0.15) is 15.1 Å². The number of carbonyl (C=O) groups excluding carboxylic acids is 1. The van der Waals surface area contributed by atoms with Crippen molar-refractivity contribution in [2.45, 2.75) is 13.8 Å². The first-order chi connectivity index (χ1) is 15.4. The number of hydrazone groups is 1. The molecule has 5 rings (SSSR count). The molecule has 2 aliphatic rings. The van der Waals surface area contributed by atoms with Crippen LogP contribution in [0.15, 0.2) is 76.5 Å². The van der Waals surface area contributed by atoms with Crippen LogP contribution < -0.4 is 0 Å². The van der Waals surface area contributed by atoms with Gasteiger partial charge in [0.15, 0.2) is 5.84 Å². The van der Waals surface area contributed by atoms with Crippen LogP contribution in [0.3, 0.4) is 0 Å². The number of amides is 1. The Kier molecular flexibility index (Phi) is 4.86. The summed E-state index contributed by atoms with van der Waals surface area (Å²) in [6.45, 7) is 4.08. The third kappa shape index (κ3) is 3.38. The topological polar surface area (TPSA) is 73.8 Å². The average Bonchev–Trinajstić information content (AvgIpc) is 3.39. The van der Waals surface area contributed by atoms with Gasteiger partial charge in [0.1, 0.15) is 10.9 Å². The van der Waals surface area contributed by atoms with Crippen LogP contribution in [0, 0.1) is 25.1 Å². The number of benzene rings is 2. The van der Waals surface area contributed by atoms with Gasteiger partial charge in [-0.25, -0.2) is 4.39 Å². The van der Waals surface area contributed by atoms with Crippen LogP contribution in [-0.2, 0) is 4.79 Å². The van der Waals surface area contributed by atoms with E-state index in [0.717, 1.165) is 22.5 Å². The van der Waals surface area contributed by atoms with Gasteiger partial charge in [0.25, 0.3) is 5.91 Å². The minimum atomic E-state index is -0.487. The Bertz CT molecular complexity index is 1350. The fraction of sp³-hybridized carbons (Fsp3) is 0.0833. The highest BCUT2D eigenvalue weighted by atomic mass is 32.2. The molecule has 6 nitrogen and oxygen atoms in total. The number of para-hydroxylation sites is 1. The summed E-state index contributed by atoms with van der Waals surface area (Å²) in [7, 11) is 0. The number of nitrogens with one attached hydrogen (secondary N) is 1. The van der Waals surface area contributed by atoms with Crippen molar-refractivity contribution in [1.29, 1.82) is 5.41 Å². The van der Waals surface area contributed by atoms with E-state index < -0.39 is 5.91 Å². The lowest BCUT2D eigenvalue weighted by Gasteiger charge is -2.20. The molecular weight excluding hydrogens is 425 g/mol.